The fourth-order valence-electron chi connectivity index (χ4n) is 3.99. The van der Waals surface area contributed by atoms with Gasteiger partial charge in [0.25, 0.3) is 11.4 Å². The van der Waals surface area contributed by atoms with Crippen LogP contribution in [-0.2, 0) is 17.6 Å². The van der Waals surface area contributed by atoms with Crippen LogP contribution in [0, 0.1) is 20.2 Å². The van der Waals surface area contributed by atoms with Gasteiger partial charge in [0.1, 0.15) is 36.9 Å². The first-order valence-corrected chi connectivity index (χ1v) is 16.8. The van der Waals surface area contributed by atoms with Crippen LogP contribution in [0.5, 0.6) is 11.5 Å². The average Bonchev–Trinajstić information content (AvgIpc) is 3.94. The molecular formula is C34H36Cl4N4O8. The first kappa shape index (κ1) is 40.7. The molecule has 1 aliphatic heterocycles. The molecule has 4 N–H and O–H groups in total. The summed E-state index contributed by atoms with van der Waals surface area (Å²) in [6, 6.07) is 22.8. The first-order chi connectivity index (χ1) is 23.9. The summed E-state index contributed by atoms with van der Waals surface area (Å²) in [5, 5.41) is 36.2. The van der Waals surface area contributed by atoms with Crippen LogP contribution >= 0.6 is 46.4 Å². The molecule has 50 heavy (non-hydrogen) atoms. The molecule has 5 rings (SSSR count). The minimum atomic E-state index is -0.691. The molecule has 1 saturated heterocycles. The SMILES string of the molecule is NCCc1ccc(Cl)c(Cl)c1.O=[N+]([O-])c1ccc(OC[C@@H](O)CNCCc2ccc(Cl)c(Cl)c2)cc1.O=[N+]([O-])c1ccc(OC[C@@H]2CO2)cc1. The van der Waals surface area contributed by atoms with Crippen LogP contribution in [0.2, 0.25) is 20.1 Å². The summed E-state index contributed by atoms with van der Waals surface area (Å²) in [5.74, 6) is 1.10. The minimum Gasteiger partial charge on any atom is -0.491 e. The molecule has 1 fully saturated rings. The van der Waals surface area contributed by atoms with E-state index in [0.29, 0.717) is 57.8 Å². The molecule has 0 aromatic heterocycles. The highest BCUT2D eigenvalue weighted by atomic mass is 35.5. The summed E-state index contributed by atoms with van der Waals surface area (Å²) in [5.41, 5.74) is 7.62. The molecule has 2 atom stereocenters. The maximum atomic E-state index is 10.6. The summed E-state index contributed by atoms with van der Waals surface area (Å²) in [4.78, 5) is 20.0. The Kier molecular flexibility index (Phi) is 17.5. The summed E-state index contributed by atoms with van der Waals surface area (Å²) in [7, 11) is 0. The molecule has 4 aromatic carbocycles. The topological polar surface area (TPSA) is 176 Å². The van der Waals surface area contributed by atoms with Gasteiger partial charge >= 0.3 is 0 Å². The van der Waals surface area contributed by atoms with Crippen molar-refractivity contribution in [3.63, 3.8) is 0 Å². The van der Waals surface area contributed by atoms with Gasteiger partial charge in [-0.3, -0.25) is 20.2 Å². The number of nitrogens with one attached hydrogen (secondary N) is 1. The van der Waals surface area contributed by atoms with Crippen LogP contribution in [0.3, 0.4) is 0 Å². The Bertz CT molecular complexity index is 1660. The second kappa shape index (κ2) is 21.5. The van der Waals surface area contributed by atoms with Gasteiger partial charge in [-0.25, -0.2) is 0 Å². The number of hydrogen-bond acceptors (Lipinski definition) is 10. The highest BCUT2D eigenvalue weighted by Gasteiger charge is 2.23. The third kappa shape index (κ3) is 15.4. The van der Waals surface area contributed by atoms with Crippen LogP contribution in [-0.4, -0.2) is 66.6 Å². The van der Waals surface area contributed by atoms with E-state index in [1.165, 1.54) is 36.4 Å². The van der Waals surface area contributed by atoms with Gasteiger partial charge < -0.3 is 30.4 Å². The smallest absolute Gasteiger partial charge is 0.269 e. The molecule has 0 radical (unpaired) electrons. The standard InChI is InChI=1S/C17H18Cl2N2O4.C9H9NO4.C8H9Cl2N/c18-16-6-1-12(9-17(16)19)7-8-20-10-14(22)11-25-15-4-2-13(3-5-15)21(23)24;11-10(12)7-1-3-8(4-2-7)13-5-9-6-14-9;9-7-2-1-6(3-4-11)5-8(7)10/h1-6,9,14,20,22H,7-8,10-11H2;1-4,9H,5-6H2;1-2,5H,3-4,11H2/t14-;9-;/m01./s1. The monoisotopic (exact) mass is 768 g/mol. The maximum absolute atomic E-state index is 10.6. The zero-order chi connectivity index (χ0) is 36.5. The van der Waals surface area contributed by atoms with Crippen LogP contribution in [0.4, 0.5) is 11.4 Å². The van der Waals surface area contributed by atoms with Crippen LogP contribution in [0.1, 0.15) is 11.1 Å². The van der Waals surface area contributed by atoms with Gasteiger partial charge in [-0.2, -0.15) is 0 Å². The van der Waals surface area contributed by atoms with E-state index < -0.39 is 16.0 Å². The average molecular weight is 770 g/mol. The van der Waals surface area contributed by atoms with E-state index in [0.717, 1.165) is 30.6 Å². The van der Waals surface area contributed by atoms with Crippen LogP contribution < -0.4 is 20.5 Å². The van der Waals surface area contributed by atoms with Crippen molar-refractivity contribution in [3.05, 3.63) is 136 Å². The number of ether oxygens (including phenoxy) is 3. The zero-order valence-corrected chi connectivity index (χ0v) is 29.7. The van der Waals surface area contributed by atoms with Crippen LogP contribution in [0.15, 0.2) is 84.9 Å². The van der Waals surface area contributed by atoms with E-state index >= 15 is 0 Å². The number of hydrogen-bond donors (Lipinski definition) is 3. The maximum Gasteiger partial charge on any atom is 0.269 e. The zero-order valence-electron chi connectivity index (χ0n) is 26.7. The number of nitro benzene ring substituents is 2. The molecule has 0 spiro atoms. The van der Waals surface area contributed by atoms with Gasteiger partial charge in [-0.05, 0) is 85.6 Å². The summed E-state index contributed by atoms with van der Waals surface area (Å²) >= 11 is 23.3. The lowest BCUT2D eigenvalue weighted by molar-refractivity contribution is -0.385. The molecule has 0 bridgehead atoms. The quantitative estimate of drug-likeness (QED) is 0.0480. The second-order valence-corrected chi connectivity index (χ2v) is 12.4. The Hall–Kier alpha value is -3.72. The molecule has 268 valence electrons. The molecule has 16 heteroatoms. The van der Waals surface area contributed by atoms with E-state index in [2.05, 4.69) is 5.32 Å². The number of epoxide rings is 1. The van der Waals surface area contributed by atoms with Crippen molar-refractivity contribution in [2.24, 2.45) is 5.73 Å². The number of rotatable bonds is 15. The molecule has 4 aromatic rings. The van der Waals surface area contributed by atoms with E-state index in [1.807, 2.05) is 24.3 Å². The lowest BCUT2D eigenvalue weighted by atomic mass is 10.1. The van der Waals surface area contributed by atoms with Crippen molar-refractivity contribution in [1.82, 2.24) is 5.32 Å². The van der Waals surface area contributed by atoms with E-state index in [1.54, 1.807) is 24.3 Å². The highest BCUT2D eigenvalue weighted by Crippen LogP contribution is 2.24. The lowest BCUT2D eigenvalue weighted by Gasteiger charge is -2.13. The fraction of sp³-hybridized carbons (Fsp3) is 0.294. The van der Waals surface area contributed by atoms with Gasteiger partial charge in [-0.15, -0.1) is 0 Å². The Morgan fingerprint density at radius 1 is 0.780 bits per heavy atom. The number of nitro groups is 2. The number of nitrogens with two attached hydrogens (primary N) is 1. The minimum absolute atomic E-state index is 0.00290. The number of aliphatic hydroxyl groups is 1. The van der Waals surface area contributed by atoms with Gasteiger partial charge in [0.15, 0.2) is 0 Å². The number of aliphatic hydroxyl groups excluding tert-OH is 1. The van der Waals surface area contributed by atoms with Crippen molar-refractivity contribution in [2.75, 3.05) is 39.5 Å². The van der Waals surface area contributed by atoms with Gasteiger partial charge in [0.05, 0.1) is 36.5 Å². The van der Waals surface area contributed by atoms with Crippen LogP contribution in [0.25, 0.3) is 0 Å². The van der Waals surface area contributed by atoms with Gasteiger partial charge in [0, 0.05) is 30.8 Å². The third-order valence-corrected chi connectivity index (χ3v) is 8.23. The Morgan fingerprint density at radius 2 is 1.26 bits per heavy atom. The van der Waals surface area contributed by atoms with Crippen molar-refractivity contribution in [3.8, 4) is 11.5 Å². The fourth-order valence-corrected chi connectivity index (χ4v) is 4.63. The Morgan fingerprint density at radius 3 is 1.70 bits per heavy atom. The van der Waals surface area contributed by atoms with E-state index in [4.69, 9.17) is 66.3 Å². The molecule has 0 unspecified atom stereocenters. The molecule has 0 saturated carbocycles. The molecule has 0 aliphatic carbocycles. The third-order valence-electron chi connectivity index (χ3n) is 6.75. The summed E-state index contributed by atoms with van der Waals surface area (Å²) < 4.78 is 15.7. The second-order valence-electron chi connectivity index (χ2n) is 10.7. The van der Waals surface area contributed by atoms with Crippen molar-refractivity contribution < 1.29 is 29.2 Å². The van der Waals surface area contributed by atoms with Crippen molar-refractivity contribution >= 4 is 57.8 Å². The Balaban J connectivity index is 0.000000226. The first-order valence-electron chi connectivity index (χ1n) is 15.3. The van der Waals surface area contributed by atoms with Gasteiger partial charge in [0.2, 0.25) is 0 Å². The predicted octanol–water partition coefficient (Wildman–Crippen LogP) is 7.34. The Labute approximate surface area is 309 Å². The number of halogens is 4. The van der Waals surface area contributed by atoms with Crippen molar-refractivity contribution in [2.45, 2.75) is 25.0 Å². The van der Waals surface area contributed by atoms with Gasteiger partial charge in [-0.1, -0.05) is 58.5 Å². The largest absolute Gasteiger partial charge is 0.491 e. The molecule has 12 nitrogen and oxygen atoms in total. The summed E-state index contributed by atoms with van der Waals surface area (Å²) in [6.07, 6.45) is 1.11. The molecule has 1 aliphatic rings. The normalized spacial score (nSPS) is 13.5. The van der Waals surface area contributed by atoms with E-state index in [9.17, 15) is 25.3 Å². The molecule has 0 amide bonds. The lowest BCUT2D eigenvalue weighted by Crippen LogP contribution is -2.32. The number of benzene rings is 4. The van der Waals surface area contributed by atoms with Crippen molar-refractivity contribution in [1.29, 1.82) is 0 Å². The summed E-state index contributed by atoms with van der Waals surface area (Å²) in [6.45, 7) is 3.03. The molecule has 1 heterocycles. The number of non-ortho nitro benzene ring substituents is 2. The molecular weight excluding hydrogens is 734 g/mol. The number of nitrogens with zero attached hydrogens (tertiary/aromatic N) is 2. The van der Waals surface area contributed by atoms with E-state index in [-0.39, 0.29) is 24.1 Å². The highest BCUT2D eigenvalue weighted by molar-refractivity contribution is 6.42. The predicted molar refractivity (Wildman–Crippen MR) is 195 cm³/mol.